The molecule has 0 radical (unpaired) electrons. The molecule has 0 saturated carbocycles. The molecule has 0 aliphatic carbocycles. The first-order valence-electron chi connectivity index (χ1n) is 8.30. The second kappa shape index (κ2) is 10.1. The van der Waals surface area contributed by atoms with Crippen LogP contribution in [0.25, 0.3) is 0 Å². The molecule has 5 heteroatoms. The van der Waals surface area contributed by atoms with Gasteiger partial charge in [-0.2, -0.15) is 0 Å². The van der Waals surface area contributed by atoms with E-state index in [0.29, 0.717) is 13.2 Å². The Hall–Kier alpha value is -0.650. The zero-order valence-electron chi connectivity index (χ0n) is 13.7. The Bertz CT molecular complexity index is 286. The Morgan fingerprint density at radius 2 is 1.95 bits per heavy atom. The van der Waals surface area contributed by atoms with Crippen LogP contribution in [0.3, 0.4) is 0 Å². The Morgan fingerprint density at radius 3 is 2.52 bits per heavy atom. The van der Waals surface area contributed by atoms with Crippen molar-refractivity contribution in [2.75, 3.05) is 46.5 Å². The van der Waals surface area contributed by atoms with Gasteiger partial charge in [0.05, 0.1) is 18.6 Å². The number of piperidine rings is 1. The topological polar surface area (TPSA) is 61.8 Å². The van der Waals surface area contributed by atoms with Gasteiger partial charge >= 0.3 is 0 Å². The molecule has 1 aliphatic rings. The Morgan fingerprint density at radius 1 is 1.24 bits per heavy atom. The lowest BCUT2D eigenvalue weighted by molar-refractivity contribution is -0.148. The van der Waals surface area contributed by atoms with Gasteiger partial charge in [0.2, 0.25) is 5.91 Å². The molecule has 0 atom stereocenters. The number of hydrogen-bond donors (Lipinski definition) is 2. The van der Waals surface area contributed by atoms with Gasteiger partial charge in [-0.1, -0.05) is 26.2 Å². The van der Waals surface area contributed by atoms with E-state index in [1.165, 1.54) is 12.8 Å². The van der Waals surface area contributed by atoms with Gasteiger partial charge in [-0.05, 0) is 32.4 Å². The van der Waals surface area contributed by atoms with E-state index in [-0.39, 0.29) is 12.5 Å². The van der Waals surface area contributed by atoms with Crippen molar-refractivity contribution in [3.63, 3.8) is 0 Å². The molecule has 1 saturated heterocycles. The van der Waals surface area contributed by atoms with Crippen LogP contribution in [0.2, 0.25) is 0 Å². The first kappa shape index (κ1) is 18.4. The van der Waals surface area contributed by atoms with Crippen molar-refractivity contribution >= 4 is 5.91 Å². The number of nitrogens with zero attached hydrogens (tertiary/aromatic N) is 1. The monoisotopic (exact) mass is 300 g/mol. The van der Waals surface area contributed by atoms with Crippen molar-refractivity contribution in [2.24, 2.45) is 5.41 Å². The van der Waals surface area contributed by atoms with Crippen LogP contribution < -0.4 is 5.32 Å². The zero-order valence-corrected chi connectivity index (χ0v) is 13.7. The number of aliphatic hydroxyl groups excluding tert-OH is 1. The summed E-state index contributed by atoms with van der Waals surface area (Å²) in [5.41, 5.74) is -0.403. The minimum absolute atomic E-state index is 0.0286. The maximum Gasteiger partial charge on any atom is 0.231 e. The van der Waals surface area contributed by atoms with Crippen LogP contribution in [0.15, 0.2) is 0 Å². The van der Waals surface area contributed by atoms with Crippen LogP contribution >= 0.6 is 0 Å². The zero-order chi connectivity index (χ0) is 15.6. The highest BCUT2D eigenvalue weighted by Crippen LogP contribution is 2.31. The van der Waals surface area contributed by atoms with Gasteiger partial charge in [-0.15, -0.1) is 0 Å². The molecule has 2 N–H and O–H groups in total. The van der Waals surface area contributed by atoms with Gasteiger partial charge < -0.3 is 20.1 Å². The third-order valence-electron chi connectivity index (χ3n) is 4.37. The van der Waals surface area contributed by atoms with Crippen molar-refractivity contribution in [1.82, 2.24) is 10.2 Å². The average Bonchev–Trinajstić information content (AvgIpc) is 2.51. The third-order valence-corrected chi connectivity index (χ3v) is 4.37. The number of carbonyl (C=O) groups is 1. The van der Waals surface area contributed by atoms with Crippen molar-refractivity contribution in [3.05, 3.63) is 0 Å². The molecule has 1 heterocycles. The van der Waals surface area contributed by atoms with Gasteiger partial charge in [0.15, 0.2) is 0 Å². The normalized spacial score (nSPS) is 17.7. The number of aliphatic hydroxyl groups is 1. The van der Waals surface area contributed by atoms with Gasteiger partial charge in [-0.3, -0.25) is 4.79 Å². The quantitative estimate of drug-likeness (QED) is 0.599. The van der Waals surface area contributed by atoms with Gasteiger partial charge in [0, 0.05) is 20.2 Å². The van der Waals surface area contributed by atoms with E-state index in [2.05, 4.69) is 12.2 Å². The Kier molecular flexibility index (Phi) is 8.88. The van der Waals surface area contributed by atoms with Gasteiger partial charge in [-0.25, -0.2) is 0 Å². The van der Waals surface area contributed by atoms with Gasteiger partial charge in [0.1, 0.15) is 0 Å². The Labute approximate surface area is 129 Å². The lowest BCUT2D eigenvalue weighted by Crippen LogP contribution is -2.52. The molecule has 1 rings (SSSR count). The minimum Gasteiger partial charge on any atom is -0.395 e. The van der Waals surface area contributed by atoms with Crippen LogP contribution in [0.1, 0.15) is 45.4 Å². The number of rotatable bonds is 10. The van der Waals surface area contributed by atoms with E-state index < -0.39 is 5.41 Å². The van der Waals surface area contributed by atoms with Crippen LogP contribution in [0.4, 0.5) is 0 Å². The predicted octanol–water partition coefficient (Wildman–Crippen LogP) is 1.40. The fourth-order valence-electron chi connectivity index (χ4n) is 3.10. The summed E-state index contributed by atoms with van der Waals surface area (Å²) in [6.07, 6.45) is 6.18. The van der Waals surface area contributed by atoms with Crippen LogP contribution in [-0.4, -0.2) is 62.4 Å². The summed E-state index contributed by atoms with van der Waals surface area (Å²) in [4.78, 5) is 14.8. The highest BCUT2D eigenvalue weighted by Gasteiger charge is 2.41. The maximum absolute atomic E-state index is 13.0. The van der Waals surface area contributed by atoms with Crippen molar-refractivity contribution in [2.45, 2.75) is 45.4 Å². The molecule has 0 aromatic rings. The number of nitrogens with one attached hydrogen (secondary N) is 1. The number of carbonyl (C=O) groups excluding carboxylic acids is 1. The Balaban J connectivity index is 2.66. The van der Waals surface area contributed by atoms with Crippen LogP contribution in [0, 0.1) is 5.41 Å². The van der Waals surface area contributed by atoms with E-state index in [0.717, 1.165) is 45.3 Å². The number of methoxy groups -OCH3 is 1. The van der Waals surface area contributed by atoms with Crippen molar-refractivity contribution in [3.8, 4) is 0 Å². The SMILES string of the molecule is CCCCCCN(CCO)C(=O)C1(COC)CCNCC1. The summed E-state index contributed by atoms with van der Waals surface area (Å²) < 4.78 is 5.34. The van der Waals surface area contributed by atoms with Crippen LogP contribution in [-0.2, 0) is 9.53 Å². The molecule has 0 aromatic carbocycles. The highest BCUT2D eigenvalue weighted by atomic mass is 16.5. The summed E-state index contributed by atoms with van der Waals surface area (Å²) in [5, 5.41) is 12.6. The predicted molar refractivity (Wildman–Crippen MR) is 84.2 cm³/mol. The maximum atomic E-state index is 13.0. The lowest BCUT2D eigenvalue weighted by Gasteiger charge is -2.39. The largest absolute Gasteiger partial charge is 0.395 e. The summed E-state index contributed by atoms with van der Waals surface area (Å²) in [6.45, 7) is 5.59. The molecule has 0 unspecified atom stereocenters. The smallest absolute Gasteiger partial charge is 0.231 e. The van der Waals surface area contributed by atoms with E-state index in [9.17, 15) is 9.90 Å². The molecule has 0 bridgehead atoms. The molecule has 1 aliphatic heterocycles. The molecule has 0 aromatic heterocycles. The fourth-order valence-corrected chi connectivity index (χ4v) is 3.10. The lowest BCUT2D eigenvalue weighted by atomic mass is 9.78. The molecule has 124 valence electrons. The summed E-state index contributed by atoms with van der Waals surface area (Å²) in [5.74, 6) is 0.163. The molecule has 1 fully saturated rings. The number of unbranched alkanes of at least 4 members (excludes halogenated alkanes) is 3. The minimum atomic E-state index is -0.403. The number of amides is 1. The average molecular weight is 300 g/mol. The molecular formula is C16H32N2O3. The third kappa shape index (κ3) is 5.57. The highest BCUT2D eigenvalue weighted by molar-refractivity contribution is 5.83. The molecule has 1 amide bonds. The summed E-state index contributed by atoms with van der Waals surface area (Å²) in [7, 11) is 1.66. The number of ether oxygens (including phenoxy) is 1. The van der Waals surface area contributed by atoms with Crippen molar-refractivity contribution < 1.29 is 14.6 Å². The molecule has 21 heavy (non-hydrogen) atoms. The first-order valence-corrected chi connectivity index (χ1v) is 8.30. The molecule has 5 nitrogen and oxygen atoms in total. The molecular weight excluding hydrogens is 268 g/mol. The first-order chi connectivity index (χ1) is 10.2. The number of hydrogen-bond acceptors (Lipinski definition) is 4. The second-order valence-electron chi connectivity index (χ2n) is 6.04. The van der Waals surface area contributed by atoms with Crippen LogP contribution in [0.5, 0.6) is 0 Å². The fraction of sp³-hybridized carbons (Fsp3) is 0.938. The van der Waals surface area contributed by atoms with E-state index in [1.807, 2.05) is 4.90 Å². The van der Waals surface area contributed by atoms with E-state index in [4.69, 9.17) is 4.74 Å². The summed E-state index contributed by atoms with van der Waals surface area (Å²) >= 11 is 0. The van der Waals surface area contributed by atoms with E-state index >= 15 is 0 Å². The second-order valence-corrected chi connectivity index (χ2v) is 6.04. The molecule has 0 spiro atoms. The van der Waals surface area contributed by atoms with Gasteiger partial charge in [0.25, 0.3) is 0 Å². The summed E-state index contributed by atoms with van der Waals surface area (Å²) in [6, 6.07) is 0. The van der Waals surface area contributed by atoms with Crippen molar-refractivity contribution in [1.29, 1.82) is 0 Å². The van der Waals surface area contributed by atoms with E-state index in [1.54, 1.807) is 7.11 Å². The standard InChI is InChI=1S/C16H32N2O3/c1-3-4-5-6-11-18(12-13-19)15(20)16(14-21-2)7-9-17-10-8-16/h17,19H,3-14H2,1-2H3.